The minimum absolute atomic E-state index is 0.00113. The largest absolute Gasteiger partial charge is 0.480 e. The number of hydrogen-bond donors (Lipinski definition) is 2. The summed E-state index contributed by atoms with van der Waals surface area (Å²) in [4.78, 5) is 54.5. The number of nitrogens with zero attached hydrogens (tertiary/aromatic N) is 1. The molecule has 1 aromatic heterocycles. The lowest BCUT2D eigenvalue weighted by atomic mass is 9.67. The maximum atomic E-state index is 13.1. The van der Waals surface area contributed by atoms with E-state index in [-0.39, 0.29) is 45.6 Å². The van der Waals surface area contributed by atoms with Gasteiger partial charge in [-0.25, -0.2) is 0 Å². The van der Waals surface area contributed by atoms with E-state index in [9.17, 15) is 24.3 Å². The number of aryl methyl sites for hydroxylation is 1. The van der Waals surface area contributed by atoms with Gasteiger partial charge in [0, 0.05) is 16.0 Å². The average molecular weight is 457 g/mol. The van der Waals surface area contributed by atoms with Crippen LogP contribution in [0.3, 0.4) is 0 Å². The molecular weight excluding hydrogens is 436 g/mol. The summed E-state index contributed by atoms with van der Waals surface area (Å²) >= 11 is 2.88. The van der Waals surface area contributed by atoms with Crippen molar-refractivity contribution in [1.82, 2.24) is 9.88 Å². The fourth-order valence-electron chi connectivity index (χ4n) is 6.65. The van der Waals surface area contributed by atoms with Gasteiger partial charge in [0.25, 0.3) is 0 Å². The van der Waals surface area contributed by atoms with Gasteiger partial charge in [-0.2, -0.15) is 0 Å². The maximum Gasteiger partial charge on any atom is 0.323 e. The summed E-state index contributed by atoms with van der Waals surface area (Å²) in [6.45, 7) is 1.50. The van der Waals surface area contributed by atoms with Gasteiger partial charge < -0.3 is 10.1 Å². The molecule has 0 spiro atoms. The van der Waals surface area contributed by atoms with Gasteiger partial charge in [-0.15, -0.1) is 11.8 Å². The highest BCUT2D eigenvalue weighted by molar-refractivity contribution is 8.00. The number of thiazole rings is 1. The van der Waals surface area contributed by atoms with Crippen LogP contribution in [-0.4, -0.2) is 44.6 Å². The van der Waals surface area contributed by atoms with E-state index < -0.39 is 24.3 Å². The second-order valence-corrected chi connectivity index (χ2v) is 11.2. The van der Waals surface area contributed by atoms with E-state index in [0.29, 0.717) is 0 Å². The molecule has 160 valence electrons. The summed E-state index contributed by atoms with van der Waals surface area (Å²) in [5.74, 6) is -2.54. The van der Waals surface area contributed by atoms with E-state index in [1.54, 1.807) is 11.8 Å². The maximum absolute atomic E-state index is 13.1. The topological polar surface area (TPSA) is 108 Å². The Morgan fingerprint density at radius 2 is 1.87 bits per heavy atom. The molecule has 1 saturated heterocycles. The quantitative estimate of drug-likeness (QED) is 0.687. The number of imide groups is 1. The van der Waals surface area contributed by atoms with Crippen LogP contribution >= 0.6 is 23.1 Å². The molecule has 3 heterocycles. The Kier molecular flexibility index (Phi) is 4.08. The van der Waals surface area contributed by atoms with E-state index in [4.69, 9.17) is 0 Å². The molecule has 6 rings (SSSR count). The first-order chi connectivity index (χ1) is 14.9. The number of thioether (sulfide) groups is 1. The van der Waals surface area contributed by atoms with E-state index in [1.165, 1.54) is 11.3 Å². The van der Waals surface area contributed by atoms with Gasteiger partial charge in [0.15, 0.2) is 0 Å². The number of carboxylic acids is 1. The second kappa shape index (κ2) is 6.56. The standard InChI is InChI=1S/C22H20N2O5S2/c1-8-4-2-3-5-9(8)13-14-10-6-11(17(14)30-19-18(13)31-22(29)23-19)16-15(10)20(27)24(21(16)28)7-12(25)26/h2-5,10-11,13-17H,6-7H2,1H3,(H,23,29)(H,25,26)/t10-,11+,13+,14-,15+,16-,17-/m1/s1. The summed E-state index contributed by atoms with van der Waals surface area (Å²) in [6, 6.07) is 8.16. The lowest BCUT2D eigenvalue weighted by Gasteiger charge is -2.43. The molecule has 2 bridgehead atoms. The lowest BCUT2D eigenvalue weighted by molar-refractivity contribution is -0.149. The first-order valence-electron chi connectivity index (χ1n) is 10.4. The number of carbonyl (C=O) groups is 3. The Bertz CT molecular complexity index is 1200. The van der Waals surface area contributed by atoms with E-state index in [1.807, 2.05) is 12.1 Å². The minimum Gasteiger partial charge on any atom is -0.480 e. The number of carboxylic acid groups (broad SMARTS) is 1. The van der Waals surface area contributed by atoms with Gasteiger partial charge in [0.2, 0.25) is 11.8 Å². The molecular formula is C22H20N2O5S2. The summed E-state index contributed by atoms with van der Waals surface area (Å²) in [5.41, 5.74) is 2.31. The number of likely N-dealkylation sites (tertiary alicyclic amines) is 1. The summed E-state index contributed by atoms with van der Waals surface area (Å²) < 4.78 is 0. The van der Waals surface area contributed by atoms with Gasteiger partial charge in [-0.05, 0) is 42.2 Å². The van der Waals surface area contributed by atoms with Crippen LogP contribution in [0.25, 0.3) is 0 Å². The highest BCUT2D eigenvalue weighted by Gasteiger charge is 2.69. The Morgan fingerprint density at radius 3 is 2.58 bits per heavy atom. The highest BCUT2D eigenvalue weighted by atomic mass is 32.2. The first kappa shape index (κ1) is 19.3. The molecule has 2 aliphatic carbocycles. The Hall–Kier alpha value is -2.39. The van der Waals surface area contributed by atoms with Crippen molar-refractivity contribution in [3.8, 4) is 0 Å². The molecule has 2 N–H and O–H groups in total. The zero-order chi connectivity index (χ0) is 21.6. The summed E-state index contributed by atoms with van der Waals surface area (Å²) in [6.07, 6.45) is 0.803. The van der Waals surface area contributed by atoms with Crippen LogP contribution in [0.15, 0.2) is 34.1 Å². The number of carbonyl (C=O) groups excluding carboxylic acids is 2. The SMILES string of the molecule is Cc1ccccc1[C@@H]1c2sc(=O)[nH]c2S[C@@H]2[C@H]3C[C@@H]([C@@H]4C(=O)N(CC(=O)O)C(=O)[C@H]34)[C@H]12. The Morgan fingerprint density at radius 1 is 1.16 bits per heavy atom. The van der Waals surface area contributed by atoms with Crippen LogP contribution in [0.4, 0.5) is 0 Å². The predicted octanol–water partition coefficient (Wildman–Crippen LogP) is 2.30. The van der Waals surface area contributed by atoms with Crippen LogP contribution < -0.4 is 4.87 Å². The zero-order valence-corrected chi connectivity index (χ0v) is 18.2. The Balaban J connectivity index is 1.47. The van der Waals surface area contributed by atoms with E-state index >= 15 is 0 Å². The average Bonchev–Trinajstić information content (AvgIpc) is 3.44. The molecule has 1 aromatic carbocycles. The molecule has 4 aliphatic rings. The molecule has 2 aromatic rings. The van der Waals surface area contributed by atoms with E-state index in [2.05, 4.69) is 24.0 Å². The molecule has 0 radical (unpaired) electrons. The van der Waals surface area contributed by atoms with Crippen LogP contribution in [-0.2, 0) is 14.4 Å². The molecule has 7 nitrogen and oxygen atoms in total. The molecule has 2 saturated carbocycles. The number of aromatic amines is 1. The van der Waals surface area contributed by atoms with Crippen molar-refractivity contribution in [1.29, 1.82) is 0 Å². The number of rotatable bonds is 3. The summed E-state index contributed by atoms with van der Waals surface area (Å²) in [7, 11) is 0. The number of nitrogens with one attached hydrogen (secondary N) is 1. The van der Waals surface area contributed by atoms with Gasteiger partial charge >= 0.3 is 10.8 Å². The van der Waals surface area contributed by atoms with Gasteiger partial charge in [-0.3, -0.25) is 24.1 Å². The number of H-pyrrole nitrogens is 1. The molecule has 3 fully saturated rings. The van der Waals surface area contributed by atoms with Crippen molar-refractivity contribution < 1.29 is 19.5 Å². The van der Waals surface area contributed by atoms with Crippen LogP contribution in [0.5, 0.6) is 0 Å². The fourth-order valence-corrected chi connectivity index (χ4v) is 9.53. The highest BCUT2D eigenvalue weighted by Crippen LogP contribution is 2.68. The van der Waals surface area contributed by atoms with Crippen LogP contribution in [0.1, 0.15) is 28.3 Å². The van der Waals surface area contributed by atoms with Gasteiger partial charge in [-0.1, -0.05) is 35.6 Å². The number of hydrogen-bond acceptors (Lipinski definition) is 6. The van der Waals surface area contributed by atoms with Crippen molar-refractivity contribution >= 4 is 40.9 Å². The Labute approximate surface area is 185 Å². The zero-order valence-electron chi connectivity index (χ0n) is 16.6. The second-order valence-electron chi connectivity index (χ2n) is 8.97. The molecule has 7 atom stereocenters. The number of aromatic nitrogens is 1. The normalized spacial score (nSPS) is 35.3. The van der Waals surface area contributed by atoms with E-state index in [0.717, 1.165) is 32.4 Å². The number of aliphatic carboxylic acids is 1. The van der Waals surface area contributed by atoms with Crippen molar-refractivity contribution in [2.24, 2.45) is 29.6 Å². The third kappa shape index (κ3) is 2.53. The number of amides is 2. The number of fused-ring (bicyclic) bond motifs is 9. The van der Waals surface area contributed by atoms with Gasteiger partial charge in [0.05, 0.1) is 16.9 Å². The molecule has 2 amide bonds. The third-order valence-electron chi connectivity index (χ3n) is 7.63. The molecule has 0 unspecified atom stereocenters. The predicted molar refractivity (Wildman–Crippen MR) is 114 cm³/mol. The fraction of sp³-hybridized carbons (Fsp3) is 0.455. The molecule has 31 heavy (non-hydrogen) atoms. The minimum atomic E-state index is -1.17. The van der Waals surface area contributed by atoms with Crippen molar-refractivity contribution in [2.75, 3.05) is 6.54 Å². The van der Waals surface area contributed by atoms with Crippen LogP contribution in [0.2, 0.25) is 0 Å². The smallest absolute Gasteiger partial charge is 0.323 e. The number of benzene rings is 1. The van der Waals surface area contributed by atoms with Gasteiger partial charge in [0.1, 0.15) is 6.54 Å². The van der Waals surface area contributed by atoms with Crippen LogP contribution in [0, 0.1) is 36.5 Å². The molecule has 9 heteroatoms. The summed E-state index contributed by atoms with van der Waals surface area (Å²) in [5, 5.41) is 10.2. The third-order valence-corrected chi connectivity index (χ3v) is 10.2. The molecule has 2 aliphatic heterocycles. The lowest BCUT2D eigenvalue weighted by Crippen LogP contribution is -2.42. The monoisotopic (exact) mass is 456 g/mol. The van der Waals surface area contributed by atoms with Crippen molar-refractivity contribution in [3.05, 3.63) is 49.9 Å². The van der Waals surface area contributed by atoms with Crippen molar-refractivity contribution in [2.45, 2.75) is 29.5 Å². The van der Waals surface area contributed by atoms with Crippen molar-refractivity contribution in [3.63, 3.8) is 0 Å². The first-order valence-corrected chi connectivity index (χ1v) is 12.1.